The van der Waals surface area contributed by atoms with Crippen LogP contribution in [0.4, 0.5) is 13.2 Å². The molecule has 0 unspecified atom stereocenters. The average Bonchev–Trinajstić information content (AvgIpc) is 2.17. The Kier molecular flexibility index (Phi) is 5.95. The second kappa shape index (κ2) is 6.23. The van der Waals surface area contributed by atoms with Gasteiger partial charge in [-0.25, -0.2) is 0 Å². The third kappa shape index (κ3) is 4.93. The fourth-order valence-corrected chi connectivity index (χ4v) is 1.30. The molecule has 0 saturated heterocycles. The van der Waals surface area contributed by atoms with E-state index in [4.69, 9.17) is 5.73 Å². The summed E-state index contributed by atoms with van der Waals surface area (Å²) in [5.41, 5.74) is 6.37. The lowest BCUT2D eigenvalue weighted by atomic mass is 10.0. The van der Waals surface area contributed by atoms with E-state index in [0.717, 1.165) is 5.56 Å². The molecule has 2 nitrogen and oxygen atoms in total. The Hall–Kier alpha value is -0.780. The van der Waals surface area contributed by atoms with Crippen molar-refractivity contribution in [2.45, 2.75) is 31.7 Å². The third-order valence-electron chi connectivity index (χ3n) is 2.36. The molecule has 0 aliphatic rings. The number of hydrogen-bond donors (Lipinski definition) is 2. The molecule has 0 fully saturated rings. The number of aliphatic hydroxyl groups excluding tert-OH is 1. The molecule has 1 aromatic rings. The minimum Gasteiger partial charge on any atom is -0.388 e. The van der Waals surface area contributed by atoms with Crippen LogP contribution < -0.4 is 5.73 Å². The second-order valence-corrected chi connectivity index (χ2v) is 3.81. The molecule has 2 atom stereocenters. The lowest BCUT2D eigenvalue weighted by Gasteiger charge is -2.19. The summed E-state index contributed by atoms with van der Waals surface area (Å²) in [6.07, 6.45) is -6.17. The molecular weight excluding hydrogens is 255 g/mol. The lowest BCUT2D eigenvalue weighted by molar-refractivity contribution is -0.153. The molecule has 0 bridgehead atoms. The van der Waals surface area contributed by atoms with Crippen LogP contribution in [0, 0.1) is 6.92 Å². The van der Waals surface area contributed by atoms with Crippen molar-refractivity contribution >= 4 is 12.4 Å². The first-order valence-corrected chi connectivity index (χ1v) is 4.87. The SMILES string of the molecule is Cc1ccc([C@H](O)C[C@H](N)C(F)(F)F)cc1.Cl. The zero-order chi connectivity index (χ0) is 12.3. The molecule has 0 aromatic heterocycles. The van der Waals surface area contributed by atoms with Gasteiger partial charge < -0.3 is 10.8 Å². The van der Waals surface area contributed by atoms with E-state index in [2.05, 4.69) is 0 Å². The van der Waals surface area contributed by atoms with E-state index in [1.807, 2.05) is 6.92 Å². The molecule has 98 valence electrons. The summed E-state index contributed by atoms with van der Waals surface area (Å²) in [6, 6.07) is 4.67. The number of rotatable bonds is 3. The van der Waals surface area contributed by atoms with Crippen molar-refractivity contribution in [2.24, 2.45) is 5.73 Å². The van der Waals surface area contributed by atoms with Gasteiger partial charge in [0.2, 0.25) is 0 Å². The summed E-state index contributed by atoms with van der Waals surface area (Å²) in [5.74, 6) is 0. The Labute approximate surface area is 104 Å². The molecule has 0 saturated carbocycles. The quantitative estimate of drug-likeness (QED) is 0.886. The van der Waals surface area contributed by atoms with Crippen molar-refractivity contribution in [1.82, 2.24) is 0 Å². The van der Waals surface area contributed by atoms with E-state index in [0.29, 0.717) is 5.56 Å². The average molecular weight is 270 g/mol. The normalized spacial score (nSPS) is 14.9. The molecule has 0 spiro atoms. The largest absolute Gasteiger partial charge is 0.403 e. The van der Waals surface area contributed by atoms with E-state index in [-0.39, 0.29) is 12.4 Å². The van der Waals surface area contributed by atoms with Crippen LogP contribution in [0.15, 0.2) is 24.3 Å². The standard InChI is InChI=1S/C11H14F3NO.ClH/c1-7-2-4-8(5-3-7)9(16)6-10(15)11(12,13)14;/h2-5,9-10,16H,6,15H2,1H3;1H/t9-,10+;/m1./s1. The van der Waals surface area contributed by atoms with Gasteiger partial charge in [-0.1, -0.05) is 29.8 Å². The first kappa shape index (κ1) is 16.2. The van der Waals surface area contributed by atoms with Crippen LogP contribution in [-0.2, 0) is 0 Å². The van der Waals surface area contributed by atoms with Crippen LogP contribution >= 0.6 is 12.4 Å². The highest BCUT2D eigenvalue weighted by atomic mass is 35.5. The van der Waals surface area contributed by atoms with Crippen molar-refractivity contribution < 1.29 is 18.3 Å². The first-order chi connectivity index (χ1) is 7.30. The maximum absolute atomic E-state index is 12.2. The number of halogens is 4. The van der Waals surface area contributed by atoms with E-state index >= 15 is 0 Å². The summed E-state index contributed by atoms with van der Waals surface area (Å²) in [6.45, 7) is 1.86. The van der Waals surface area contributed by atoms with Gasteiger partial charge in [0.1, 0.15) is 6.04 Å². The zero-order valence-corrected chi connectivity index (χ0v) is 10.1. The maximum Gasteiger partial charge on any atom is 0.403 e. The Morgan fingerprint density at radius 1 is 1.24 bits per heavy atom. The van der Waals surface area contributed by atoms with Gasteiger partial charge in [-0.2, -0.15) is 13.2 Å². The molecule has 1 rings (SSSR count). The Bertz CT molecular complexity index is 340. The van der Waals surface area contributed by atoms with Crippen LogP contribution in [0.3, 0.4) is 0 Å². The molecule has 3 N–H and O–H groups in total. The summed E-state index contributed by atoms with van der Waals surface area (Å²) < 4.78 is 36.5. The van der Waals surface area contributed by atoms with Crippen molar-refractivity contribution in [3.05, 3.63) is 35.4 Å². The predicted molar refractivity (Wildman–Crippen MR) is 62.0 cm³/mol. The van der Waals surface area contributed by atoms with E-state index in [9.17, 15) is 18.3 Å². The summed E-state index contributed by atoms with van der Waals surface area (Å²) in [4.78, 5) is 0. The fraction of sp³-hybridized carbons (Fsp3) is 0.455. The van der Waals surface area contributed by atoms with Gasteiger partial charge >= 0.3 is 6.18 Å². The highest BCUT2D eigenvalue weighted by molar-refractivity contribution is 5.85. The van der Waals surface area contributed by atoms with E-state index in [1.165, 1.54) is 0 Å². The smallest absolute Gasteiger partial charge is 0.388 e. The van der Waals surface area contributed by atoms with Gasteiger partial charge in [-0.05, 0) is 12.5 Å². The van der Waals surface area contributed by atoms with Crippen LogP contribution in [0.25, 0.3) is 0 Å². The number of aryl methyl sites for hydroxylation is 1. The van der Waals surface area contributed by atoms with Crippen LogP contribution in [-0.4, -0.2) is 17.3 Å². The molecule has 6 heteroatoms. The van der Waals surface area contributed by atoms with Gasteiger partial charge in [0, 0.05) is 6.42 Å². The molecule has 17 heavy (non-hydrogen) atoms. The number of hydrogen-bond acceptors (Lipinski definition) is 2. The molecule has 0 aliphatic carbocycles. The molecule has 0 aliphatic heterocycles. The predicted octanol–water partition coefficient (Wildman–Crippen LogP) is 2.73. The first-order valence-electron chi connectivity index (χ1n) is 4.87. The summed E-state index contributed by atoms with van der Waals surface area (Å²) in [5, 5.41) is 9.57. The van der Waals surface area contributed by atoms with Crippen molar-refractivity contribution in [3.8, 4) is 0 Å². The number of benzene rings is 1. The number of aliphatic hydroxyl groups is 1. The van der Waals surface area contributed by atoms with Gasteiger partial charge in [0.25, 0.3) is 0 Å². The second-order valence-electron chi connectivity index (χ2n) is 3.81. The molecule has 0 amide bonds. The monoisotopic (exact) mass is 269 g/mol. The topological polar surface area (TPSA) is 46.2 Å². The summed E-state index contributed by atoms with van der Waals surface area (Å²) in [7, 11) is 0. The minimum atomic E-state index is -4.47. The minimum absolute atomic E-state index is 0. The van der Waals surface area contributed by atoms with E-state index < -0.39 is 24.7 Å². The number of alkyl halides is 3. The van der Waals surface area contributed by atoms with Crippen LogP contribution in [0.5, 0.6) is 0 Å². The molecule has 1 aromatic carbocycles. The van der Waals surface area contributed by atoms with Crippen LogP contribution in [0.1, 0.15) is 23.7 Å². The van der Waals surface area contributed by atoms with Crippen LogP contribution in [0.2, 0.25) is 0 Å². The van der Waals surface area contributed by atoms with Crippen molar-refractivity contribution in [1.29, 1.82) is 0 Å². The molecular formula is C11H15ClF3NO. The Morgan fingerprint density at radius 3 is 2.12 bits per heavy atom. The fourth-order valence-electron chi connectivity index (χ4n) is 1.30. The third-order valence-corrected chi connectivity index (χ3v) is 2.36. The van der Waals surface area contributed by atoms with Gasteiger partial charge in [-0.15, -0.1) is 12.4 Å². The van der Waals surface area contributed by atoms with Gasteiger partial charge in [0.05, 0.1) is 6.10 Å². The lowest BCUT2D eigenvalue weighted by Crippen LogP contribution is -2.38. The van der Waals surface area contributed by atoms with E-state index in [1.54, 1.807) is 24.3 Å². The molecule has 0 heterocycles. The van der Waals surface area contributed by atoms with Crippen molar-refractivity contribution in [2.75, 3.05) is 0 Å². The van der Waals surface area contributed by atoms with Gasteiger partial charge in [0.15, 0.2) is 0 Å². The number of nitrogens with two attached hydrogens (primary N) is 1. The highest BCUT2D eigenvalue weighted by Gasteiger charge is 2.37. The maximum atomic E-state index is 12.2. The highest BCUT2D eigenvalue weighted by Crippen LogP contribution is 2.26. The Balaban J connectivity index is 0.00000256. The van der Waals surface area contributed by atoms with Gasteiger partial charge in [-0.3, -0.25) is 0 Å². The van der Waals surface area contributed by atoms with Crippen molar-refractivity contribution in [3.63, 3.8) is 0 Å². The Morgan fingerprint density at radius 2 is 1.71 bits per heavy atom. The summed E-state index contributed by atoms with van der Waals surface area (Å²) >= 11 is 0. The zero-order valence-electron chi connectivity index (χ0n) is 9.24. The molecule has 0 radical (unpaired) electrons.